The van der Waals surface area contributed by atoms with E-state index in [9.17, 15) is 23.3 Å². The van der Waals surface area contributed by atoms with Gasteiger partial charge in [-0.1, -0.05) is 11.6 Å². The summed E-state index contributed by atoms with van der Waals surface area (Å²) in [6.45, 7) is 1.97. The third kappa shape index (κ3) is 6.19. The maximum Gasteiger partial charge on any atom is 0.271 e. The number of rotatable bonds is 9. The number of halogens is 1. The number of nitrogens with zero attached hydrogens (tertiary/aromatic N) is 1. The zero-order chi connectivity index (χ0) is 20.7. The Kier molecular flexibility index (Phi) is 7.32. The van der Waals surface area contributed by atoms with Crippen molar-refractivity contribution < 1.29 is 18.1 Å². The minimum atomic E-state index is -3.67. The molecule has 2 aromatic rings. The molecule has 0 aromatic heterocycles. The lowest BCUT2D eigenvalue weighted by Gasteiger charge is -2.10. The maximum atomic E-state index is 12.3. The second kappa shape index (κ2) is 9.49. The molecule has 0 spiro atoms. The van der Waals surface area contributed by atoms with Gasteiger partial charge in [-0.3, -0.25) is 14.9 Å². The van der Waals surface area contributed by atoms with E-state index in [1.807, 2.05) is 0 Å². The number of non-ortho nitro benzene ring substituents is 1. The first-order valence-electron chi connectivity index (χ1n) is 8.24. The van der Waals surface area contributed by atoms with E-state index < -0.39 is 14.9 Å². The van der Waals surface area contributed by atoms with Gasteiger partial charge in [0.05, 0.1) is 20.5 Å². The fraction of sp³-hybridized carbons (Fsp3) is 0.235. The van der Waals surface area contributed by atoms with Gasteiger partial charge in [-0.25, -0.2) is 13.1 Å². The molecule has 0 unspecified atom stereocenters. The Morgan fingerprint density at radius 3 is 2.39 bits per heavy atom. The first-order valence-corrected chi connectivity index (χ1v) is 10.1. The average Bonchev–Trinajstić information content (AvgIpc) is 2.62. The fourth-order valence-electron chi connectivity index (χ4n) is 2.28. The minimum absolute atomic E-state index is 0.0907. The van der Waals surface area contributed by atoms with Crippen LogP contribution < -0.4 is 15.4 Å². The van der Waals surface area contributed by atoms with Gasteiger partial charge >= 0.3 is 0 Å². The van der Waals surface area contributed by atoms with Crippen LogP contribution in [0.15, 0.2) is 47.4 Å². The molecular formula is C17H19ClN4O5S. The number of nitro groups is 1. The Morgan fingerprint density at radius 2 is 1.82 bits per heavy atom. The summed E-state index contributed by atoms with van der Waals surface area (Å²) in [5.41, 5.74) is 0.937. The molecule has 3 N–H and O–H groups in total. The number of nitrogens with one attached hydrogen (secondary N) is 3. The fourth-order valence-corrected chi connectivity index (χ4v) is 3.60. The number of anilines is 2. The number of sulfonamides is 1. The number of nitro benzene ring substituents is 1. The van der Waals surface area contributed by atoms with E-state index in [1.165, 1.54) is 49.4 Å². The first kappa shape index (κ1) is 21.6. The van der Waals surface area contributed by atoms with Crippen LogP contribution in [0.25, 0.3) is 0 Å². The van der Waals surface area contributed by atoms with Gasteiger partial charge < -0.3 is 10.6 Å². The topological polar surface area (TPSA) is 130 Å². The van der Waals surface area contributed by atoms with E-state index in [4.69, 9.17) is 11.6 Å². The molecule has 0 heterocycles. The van der Waals surface area contributed by atoms with Crippen molar-refractivity contribution in [2.45, 2.75) is 18.2 Å². The molecule has 150 valence electrons. The molecule has 28 heavy (non-hydrogen) atoms. The van der Waals surface area contributed by atoms with Gasteiger partial charge in [0, 0.05) is 37.8 Å². The van der Waals surface area contributed by atoms with Crippen molar-refractivity contribution >= 4 is 44.6 Å². The lowest BCUT2D eigenvalue weighted by molar-refractivity contribution is -0.384. The highest BCUT2D eigenvalue weighted by Crippen LogP contribution is 2.26. The smallest absolute Gasteiger partial charge is 0.271 e. The molecule has 1 amide bonds. The summed E-state index contributed by atoms with van der Waals surface area (Å²) in [6.07, 6.45) is 0.469. The molecule has 2 rings (SSSR count). The summed E-state index contributed by atoms with van der Waals surface area (Å²) in [7, 11) is -3.67. The summed E-state index contributed by atoms with van der Waals surface area (Å²) in [5.74, 6) is -0.241. The highest BCUT2D eigenvalue weighted by atomic mass is 35.5. The molecule has 0 aliphatic rings. The van der Waals surface area contributed by atoms with Gasteiger partial charge in [-0.15, -0.1) is 0 Å². The minimum Gasteiger partial charge on any atom is -0.384 e. The number of amides is 1. The van der Waals surface area contributed by atoms with E-state index in [0.717, 1.165) is 0 Å². The van der Waals surface area contributed by atoms with Gasteiger partial charge in [0.15, 0.2) is 0 Å². The largest absolute Gasteiger partial charge is 0.384 e. The number of benzene rings is 2. The number of hydrogen-bond donors (Lipinski definition) is 3. The second-order valence-electron chi connectivity index (χ2n) is 5.80. The monoisotopic (exact) mass is 426 g/mol. The van der Waals surface area contributed by atoms with Crippen LogP contribution in [0.2, 0.25) is 5.02 Å². The number of carbonyl (C=O) groups is 1. The normalized spacial score (nSPS) is 11.1. The Balaban J connectivity index is 1.82. The van der Waals surface area contributed by atoms with Crippen molar-refractivity contribution in [3.8, 4) is 0 Å². The van der Waals surface area contributed by atoms with Gasteiger partial charge in [0.1, 0.15) is 0 Å². The lowest BCUT2D eigenvalue weighted by Crippen LogP contribution is -2.26. The molecule has 2 aromatic carbocycles. The van der Waals surface area contributed by atoms with Crippen LogP contribution in [0.1, 0.15) is 13.3 Å². The first-order chi connectivity index (χ1) is 13.2. The van der Waals surface area contributed by atoms with E-state index in [1.54, 1.807) is 0 Å². The molecule has 0 atom stereocenters. The van der Waals surface area contributed by atoms with E-state index >= 15 is 0 Å². The van der Waals surface area contributed by atoms with Crippen molar-refractivity contribution in [2.75, 3.05) is 23.7 Å². The van der Waals surface area contributed by atoms with Crippen molar-refractivity contribution in [3.63, 3.8) is 0 Å². The SMILES string of the molecule is CC(=O)Nc1ccc(S(=O)(=O)NCCCNc2ccc([N+](=O)[O-])cc2Cl)cc1. The molecule has 0 saturated heterocycles. The average molecular weight is 427 g/mol. The molecule has 11 heteroatoms. The van der Waals surface area contributed by atoms with Crippen LogP contribution >= 0.6 is 11.6 Å². The highest BCUT2D eigenvalue weighted by Gasteiger charge is 2.13. The summed E-state index contributed by atoms with van der Waals surface area (Å²) in [5, 5.41) is 16.5. The zero-order valence-corrected chi connectivity index (χ0v) is 16.5. The highest BCUT2D eigenvalue weighted by molar-refractivity contribution is 7.89. The Morgan fingerprint density at radius 1 is 1.14 bits per heavy atom. The van der Waals surface area contributed by atoms with Crippen LogP contribution in [0.3, 0.4) is 0 Å². The predicted molar refractivity (Wildman–Crippen MR) is 107 cm³/mol. The van der Waals surface area contributed by atoms with E-state index in [2.05, 4.69) is 15.4 Å². The zero-order valence-electron chi connectivity index (χ0n) is 14.9. The van der Waals surface area contributed by atoms with Crippen LogP contribution in [-0.2, 0) is 14.8 Å². The van der Waals surface area contributed by atoms with Crippen molar-refractivity contribution in [1.82, 2.24) is 4.72 Å². The molecule has 0 aliphatic heterocycles. The molecular weight excluding hydrogens is 408 g/mol. The van der Waals surface area contributed by atoms with Crippen LogP contribution in [0.4, 0.5) is 17.1 Å². The van der Waals surface area contributed by atoms with E-state index in [-0.39, 0.29) is 28.1 Å². The quantitative estimate of drug-likeness (QED) is 0.321. The third-order valence-electron chi connectivity index (χ3n) is 3.61. The molecule has 0 radical (unpaired) electrons. The van der Waals surface area contributed by atoms with Crippen LogP contribution in [0, 0.1) is 10.1 Å². The molecule has 0 saturated carbocycles. The molecule has 9 nitrogen and oxygen atoms in total. The van der Waals surface area contributed by atoms with Crippen molar-refractivity contribution in [1.29, 1.82) is 0 Å². The Bertz CT molecular complexity index is 964. The van der Waals surface area contributed by atoms with Gasteiger partial charge in [-0.2, -0.15) is 0 Å². The Hall–Kier alpha value is -2.69. The van der Waals surface area contributed by atoms with Gasteiger partial charge in [0.2, 0.25) is 15.9 Å². The van der Waals surface area contributed by atoms with Crippen LogP contribution in [0.5, 0.6) is 0 Å². The predicted octanol–water partition coefficient (Wildman–Crippen LogP) is 2.99. The van der Waals surface area contributed by atoms with Gasteiger partial charge in [0.25, 0.3) is 5.69 Å². The molecule has 0 bridgehead atoms. The third-order valence-corrected chi connectivity index (χ3v) is 5.40. The lowest BCUT2D eigenvalue weighted by atomic mass is 10.2. The standard InChI is InChI=1S/C17H19ClN4O5S/c1-12(23)21-13-3-6-15(7-4-13)28(26,27)20-10-2-9-19-17-8-5-14(22(24)25)11-16(17)18/h3-8,11,19-20H,2,9-10H2,1H3,(H,21,23). The van der Waals surface area contributed by atoms with Crippen LogP contribution in [-0.4, -0.2) is 32.3 Å². The molecule has 0 fully saturated rings. The summed E-state index contributed by atoms with van der Waals surface area (Å²) in [6, 6.07) is 9.91. The van der Waals surface area contributed by atoms with Crippen molar-refractivity contribution in [2.24, 2.45) is 0 Å². The second-order valence-corrected chi connectivity index (χ2v) is 7.98. The Labute approximate surface area is 167 Å². The molecule has 0 aliphatic carbocycles. The van der Waals surface area contributed by atoms with Gasteiger partial charge in [-0.05, 0) is 36.8 Å². The summed E-state index contributed by atoms with van der Waals surface area (Å²) < 4.78 is 27.0. The van der Waals surface area contributed by atoms with Crippen molar-refractivity contribution in [3.05, 3.63) is 57.6 Å². The number of carbonyl (C=O) groups excluding carboxylic acids is 1. The maximum absolute atomic E-state index is 12.3. The number of hydrogen-bond acceptors (Lipinski definition) is 6. The van der Waals surface area contributed by atoms with E-state index in [0.29, 0.717) is 24.3 Å². The summed E-state index contributed by atoms with van der Waals surface area (Å²) in [4.78, 5) is 21.2. The summed E-state index contributed by atoms with van der Waals surface area (Å²) >= 11 is 5.98.